The molecule has 3 aromatic rings. The van der Waals surface area contributed by atoms with Crippen molar-refractivity contribution in [2.45, 2.75) is 38.7 Å². The lowest BCUT2D eigenvalue weighted by molar-refractivity contribution is -0.316. The Morgan fingerprint density at radius 1 is 1.00 bits per heavy atom. The number of hydrogen-bond donors (Lipinski definition) is 0. The first-order valence-corrected chi connectivity index (χ1v) is 10.7. The van der Waals surface area contributed by atoms with Gasteiger partial charge in [0.1, 0.15) is 17.2 Å². The molecule has 0 saturated heterocycles. The zero-order chi connectivity index (χ0) is 24.9. The molecule has 0 amide bonds. The van der Waals surface area contributed by atoms with Crippen LogP contribution in [0.4, 0.5) is 8.78 Å². The third-order valence-electron chi connectivity index (χ3n) is 5.87. The number of carbonyl (C=O) groups is 1. The summed E-state index contributed by atoms with van der Waals surface area (Å²) in [6, 6.07) is 22.0. The Labute approximate surface area is 197 Å². The van der Waals surface area contributed by atoms with Crippen LogP contribution in [-0.4, -0.2) is 12.6 Å². The molecule has 3 aromatic carbocycles. The minimum absolute atomic E-state index is 0.0680. The van der Waals surface area contributed by atoms with Crippen molar-refractivity contribution in [3.63, 3.8) is 0 Å². The molecule has 0 aliphatic rings. The molecular formula is C27H24F2NO4-. The van der Waals surface area contributed by atoms with E-state index in [1.807, 2.05) is 18.2 Å². The molecule has 7 heteroatoms. The number of carboxylic acid groups (broad SMARTS) is 1. The van der Waals surface area contributed by atoms with Crippen molar-refractivity contribution >= 4 is 5.97 Å². The van der Waals surface area contributed by atoms with E-state index in [1.54, 1.807) is 50.2 Å². The van der Waals surface area contributed by atoms with E-state index in [-0.39, 0.29) is 11.3 Å². The van der Waals surface area contributed by atoms with Crippen molar-refractivity contribution in [3.05, 3.63) is 89.5 Å². The van der Waals surface area contributed by atoms with Crippen molar-refractivity contribution in [2.24, 2.45) is 5.92 Å². The van der Waals surface area contributed by atoms with Crippen LogP contribution in [0.25, 0.3) is 0 Å². The lowest BCUT2D eigenvalue weighted by atomic mass is 9.61. The number of carbonyl (C=O) groups excluding carboxylic acids is 1. The minimum atomic E-state index is -3.01. The normalized spacial score (nSPS) is 13.7. The first-order chi connectivity index (χ1) is 16.2. The van der Waals surface area contributed by atoms with Crippen LogP contribution in [-0.2, 0) is 10.2 Å². The van der Waals surface area contributed by atoms with Crippen molar-refractivity contribution in [1.29, 1.82) is 5.26 Å². The van der Waals surface area contributed by atoms with Crippen molar-refractivity contribution in [1.82, 2.24) is 0 Å². The number of alkyl halides is 2. The summed E-state index contributed by atoms with van der Waals surface area (Å²) in [6.07, 6.45) is 0. The highest BCUT2D eigenvalue weighted by Crippen LogP contribution is 2.46. The molecule has 0 saturated carbocycles. The Morgan fingerprint density at radius 3 is 2.24 bits per heavy atom. The van der Waals surface area contributed by atoms with Gasteiger partial charge in [-0.3, -0.25) is 0 Å². The van der Waals surface area contributed by atoms with Gasteiger partial charge in [0.2, 0.25) is 0 Å². The molecule has 34 heavy (non-hydrogen) atoms. The van der Waals surface area contributed by atoms with E-state index >= 15 is 0 Å². The lowest BCUT2D eigenvalue weighted by Gasteiger charge is -2.43. The Morgan fingerprint density at radius 2 is 1.68 bits per heavy atom. The number of aryl methyl sites for hydroxylation is 1. The molecule has 0 spiro atoms. The van der Waals surface area contributed by atoms with Gasteiger partial charge in [0.15, 0.2) is 0 Å². The van der Waals surface area contributed by atoms with Gasteiger partial charge in [-0.05, 0) is 59.9 Å². The lowest BCUT2D eigenvalue weighted by Crippen LogP contribution is -2.53. The van der Waals surface area contributed by atoms with Gasteiger partial charge in [-0.1, -0.05) is 56.3 Å². The van der Waals surface area contributed by atoms with Gasteiger partial charge in [0.05, 0.1) is 23.4 Å². The Kier molecular flexibility index (Phi) is 7.52. The number of ether oxygens (including phenoxy) is 2. The summed E-state index contributed by atoms with van der Waals surface area (Å²) < 4.78 is 35.8. The van der Waals surface area contributed by atoms with Crippen LogP contribution in [0.3, 0.4) is 0 Å². The van der Waals surface area contributed by atoms with Crippen LogP contribution in [0.1, 0.15) is 36.5 Å². The fourth-order valence-corrected chi connectivity index (χ4v) is 4.26. The summed E-state index contributed by atoms with van der Waals surface area (Å²) >= 11 is 0. The second kappa shape index (κ2) is 10.3. The predicted octanol–water partition coefficient (Wildman–Crippen LogP) is 5.34. The Balaban J connectivity index is 2.12. The van der Waals surface area contributed by atoms with Crippen LogP contribution in [0.2, 0.25) is 0 Å². The van der Waals surface area contributed by atoms with Gasteiger partial charge >= 0.3 is 6.61 Å². The van der Waals surface area contributed by atoms with Gasteiger partial charge < -0.3 is 19.4 Å². The summed E-state index contributed by atoms with van der Waals surface area (Å²) in [5, 5.41) is 22.9. The van der Waals surface area contributed by atoms with Crippen molar-refractivity contribution in [3.8, 4) is 23.3 Å². The standard InChI is InChI=1S/C27H25F2NO4/c1-17(2)27(25(31)32,20-12-13-24(18(3)14-20)34-26(28)29)23(16-30)19-8-7-11-22(15-19)33-21-9-5-4-6-10-21/h4-15,17,23,26H,1-3H3,(H,31,32)/p-1. The molecule has 0 heterocycles. The Bertz CT molecular complexity index is 1190. The molecule has 0 N–H and O–H groups in total. The quantitative estimate of drug-likeness (QED) is 0.427. The highest BCUT2D eigenvalue weighted by molar-refractivity contribution is 5.83. The fourth-order valence-electron chi connectivity index (χ4n) is 4.26. The van der Waals surface area contributed by atoms with E-state index < -0.39 is 29.8 Å². The molecule has 0 aliphatic heterocycles. The van der Waals surface area contributed by atoms with E-state index in [2.05, 4.69) is 10.8 Å². The summed E-state index contributed by atoms with van der Waals surface area (Å²) in [4.78, 5) is 12.7. The average Bonchev–Trinajstić information content (AvgIpc) is 2.79. The first kappa shape index (κ1) is 24.7. The first-order valence-electron chi connectivity index (χ1n) is 10.7. The molecule has 0 aromatic heterocycles. The summed E-state index contributed by atoms with van der Waals surface area (Å²) in [7, 11) is 0. The number of carboxylic acids is 1. The number of para-hydroxylation sites is 1. The third kappa shape index (κ3) is 4.86. The number of halogens is 2. The molecule has 0 fully saturated rings. The molecule has 2 unspecified atom stereocenters. The van der Waals surface area contributed by atoms with Crippen LogP contribution in [0, 0.1) is 24.2 Å². The van der Waals surface area contributed by atoms with Gasteiger partial charge in [-0.25, -0.2) is 0 Å². The number of nitrogens with zero attached hydrogens (tertiary/aromatic N) is 1. The largest absolute Gasteiger partial charge is 0.549 e. The number of nitriles is 1. The van der Waals surface area contributed by atoms with Crippen LogP contribution >= 0.6 is 0 Å². The van der Waals surface area contributed by atoms with E-state index in [0.29, 0.717) is 22.6 Å². The van der Waals surface area contributed by atoms with E-state index in [9.17, 15) is 23.9 Å². The summed E-state index contributed by atoms with van der Waals surface area (Å²) in [5.41, 5.74) is -0.752. The van der Waals surface area contributed by atoms with Gasteiger partial charge in [0, 0.05) is 0 Å². The van der Waals surface area contributed by atoms with Crippen molar-refractivity contribution < 1.29 is 28.2 Å². The molecule has 2 atom stereocenters. The van der Waals surface area contributed by atoms with E-state index in [0.717, 1.165) is 0 Å². The van der Waals surface area contributed by atoms with Crippen LogP contribution < -0.4 is 14.6 Å². The highest BCUT2D eigenvalue weighted by atomic mass is 19.3. The number of hydrogen-bond acceptors (Lipinski definition) is 5. The van der Waals surface area contributed by atoms with E-state index in [1.165, 1.54) is 25.1 Å². The summed E-state index contributed by atoms with van der Waals surface area (Å²) in [6.45, 7) is 1.89. The maximum absolute atomic E-state index is 12.7. The number of rotatable bonds is 9. The number of aliphatic carboxylic acids is 1. The smallest absolute Gasteiger partial charge is 0.387 e. The molecule has 0 aliphatic carbocycles. The average molecular weight is 464 g/mol. The Hall–Kier alpha value is -3.92. The topological polar surface area (TPSA) is 82.4 Å². The molecule has 5 nitrogen and oxygen atoms in total. The van der Waals surface area contributed by atoms with Gasteiger partial charge in [-0.2, -0.15) is 14.0 Å². The minimum Gasteiger partial charge on any atom is -0.549 e. The molecular weight excluding hydrogens is 440 g/mol. The number of benzene rings is 3. The zero-order valence-electron chi connectivity index (χ0n) is 19.0. The molecule has 0 bridgehead atoms. The van der Waals surface area contributed by atoms with Gasteiger partial charge in [-0.15, -0.1) is 0 Å². The second-order valence-electron chi connectivity index (χ2n) is 8.22. The second-order valence-corrected chi connectivity index (χ2v) is 8.22. The SMILES string of the molecule is Cc1cc(C(C(=O)[O-])(C(C)C)C(C#N)c2cccc(Oc3ccccc3)c2)ccc1OC(F)F. The van der Waals surface area contributed by atoms with E-state index in [4.69, 9.17) is 4.74 Å². The predicted molar refractivity (Wildman–Crippen MR) is 121 cm³/mol. The molecule has 0 radical (unpaired) electrons. The third-order valence-corrected chi connectivity index (χ3v) is 5.87. The monoisotopic (exact) mass is 464 g/mol. The van der Waals surface area contributed by atoms with Gasteiger partial charge in [0.25, 0.3) is 0 Å². The zero-order valence-corrected chi connectivity index (χ0v) is 19.0. The summed E-state index contributed by atoms with van der Waals surface area (Å²) in [5.74, 6) is -2.21. The van der Waals surface area contributed by atoms with Crippen molar-refractivity contribution in [2.75, 3.05) is 0 Å². The molecule has 3 rings (SSSR count). The maximum Gasteiger partial charge on any atom is 0.387 e. The molecule has 176 valence electrons. The highest BCUT2D eigenvalue weighted by Gasteiger charge is 2.46. The van der Waals surface area contributed by atoms with Crippen LogP contribution in [0.5, 0.6) is 17.2 Å². The fraction of sp³-hybridized carbons (Fsp3) is 0.259. The van der Waals surface area contributed by atoms with Crippen LogP contribution in [0.15, 0.2) is 72.8 Å². The maximum atomic E-state index is 12.7.